The maximum Gasteiger partial charge on any atom is 0.253 e. The molecule has 194 valence electrons. The summed E-state index contributed by atoms with van der Waals surface area (Å²) in [6.07, 6.45) is 5.34. The molecule has 0 saturated heterocycles. The highest BCUT2D eigenvalue weighted by Crippen LogP contribution is 2.35. The second kappa shape index (κ2) is 11.0. The van der Waals surface area contributed by atoms with E-state index in [-0.39, 0.29) is 17.6 Å². The Morgan fingerprint density at radius 1 is 1.08 bits per heavy atom. The van der Waals surface area contributed by atoms with E-state index in [1.807, 2.05) is 35.9 Å². The zero-order chi connectivity index (χ0) is 25.9. The maximum absolute atomic E-state index is 13.8. The molecule has 1 fully saturated rings. The van der Waals surface area contributed by atoms with Gasteiger partial charge in [-0.15, -0.1) is 16.4 Å². The standard InChI is InChI=1S/C30H32N6OS/c1-21-9-7-12-23-19-26(30(37)31-27(21)23)28(29-32-33-34-36(29)24-13-5-6-14-24)35(20-25-15-8-18-38-25)17-16-22-10-3-2-4-11-22/h2-4,7-12,15,18-19,24,28H,5-6,13-14,16-17,20H2,1H3,(H,31,37)/t28-/m0/s1. The number of thiophene rings is 1. The molecule has 1 atom stereocenters. The lowest BCUT2D eigenvalue weighted by Gasteiger charge is -2.31. The molecule has 6 rings (SSSR count). The summed E-state index contributed by atoms with van der Waals surface area (Å²) in [4.78, 5) is 20.6. The van der Waals surface area contributed by atoms with E-state index >= 15 is 0 Å². The lowest BCUT2D eigenvalue weighted by atomic mass is 10.0. The van der Waals surface area contributed by atoms with Gasteiger partial charge in [0, 0.05) is 23.5 Å². The Kier molecular flexibility index (Phi) is 7.16. The Bertz CT molecular complexity index is 1550. The van der Waals surface area contributed by atoms with E-state index in [2.05, 4.69) is 73.3 Å². The van der Waals surface area contributed by atoms with Crippen molar-refractivity contribution in [1.82, 2.24) is 30.1 Å². The zero-order valence-corrected chi connectivity index (χ0v) is 22.4. The van der Waals surface area contributed by atoms with Crippen LogP contribution in [-0.2, 0) is 13.0 Å². The summed E-state index contributed by atoms with van der Waals surface area (Å²) in [7, 11) is 0. The summed E-state index contributed by atoms with van der Waals surface area (Å²) in [6.45, 7) is 3.49. The van der Waals surface area contributed by atoms with Crippen LogP contribution in [0.5, 0.6) is 0 Å². The molecule has 1 aliphatic carbocycles. The molecule has 38 heavy (non-hydrogen) atoms. The van der Waals surface area contributed by atoms with Gasteiger partial charge in [-0.1, -0.05) is 67.4 Å². The molecule has 0 spiro atoms. The minimum Gasteiger partial charge on any atom is -0.321 e. The van der Waals surface area contributed by atoms with Crippen LogP contribution in [0, 0.1) is 6.92 Å². The summed E-state index contributed by atoms with van der Waals surface area (Å²) >= 11 is 1.73. The molecule has 0 radical (unpaired) electrons. The van der Waals surface area contributed by atoms with Crippen LogP contribution in [0.2, 0.25) is 0 Å². The number of H-pyrrole nitrogens is 1. The third-order valence-electron chi connectivity index (χ3n) is 7.68. The molecule has 1 saturated carbocycles. The average Bonchev–Trinajstić information content (AvgIpc) is 3.72. The van der Waals surface area contributed by atoms with Crippen molar-refractivity contribution >= 4 is 22.2 Å². The number of hydrogen-bond acceptors (Lipinski definition) is 6. The predicted molar refractivity (Wildman–Crippen MR) is 151 cm³/mol. The van der Waals surface area contributed by atoms with E-state index < -0.39 is 0 Å². The molecule has 1 aliphatic rings. The number of aromatic amines is 1. The van der Waals surface area contributed by atoms with Gasteiger partial charge >= 0.3 is 0 Å². The zero-order valence-electron chi connectivity index (χ0n) is 21.6. The van der Waals surface area contributed by atoms with Crippen molar-refractivity contribution in [3.63, 3.8) is 0 Å². The molecule has 7 nitrogen and oxygen atoms in total. The predicted octanol–water partition coefficient (Wildman–Crippen LogP) is 5.83. The number of pyridine rings is 1. The van der Waals surface area contributed by atoms with Gasteiger partial charge in [-0.3, -0.25) is 9.69 Å². The van der Waals surface area contributed by atoms with Gasteiger partial charge in [0.2, 0.25) is 0 Å². The number of tetrazole rings is 1. The summed E-state index contributed by atoms with van der Waals surface area (Å²) in [5.74, 6) is 0.749. The molecule has 3 aromatic heterocycles. The number of hydrogen-bond donors (Lipinski definition) is 1. The Morgan fingerprint density at radius 3 is 2.71 bits per heavy atom. The van der Waals surface area contributed by atoms with E-state index in [1.54, 1.807) is 11.3 Å². The Labute approximate surface area is 226 Å². The van der Waals surface area contributed by atoms with Crippen LogP contribution in [0.4, 0.5) is 0 Å². The third-order valence-corrected chi connectivity index (χ3v) is 8.54. The Hall–Kier alpha value is -3.62. The summed E-state index contributed by atoms with van der Waals surface area (Å²) < 4.78 is 2.00. The normalized spacial score (nSPS) is 15.0. The van der Waals surface area contributed by atoms with Gasteiger partial charge in [0.15, 0.2) is 5.82 Å². The van der Waals surface area contributed by atoms with Gasteiger partial charge in [0.25, 0.3) is 5.56 Å². The van der Waals surface area contributed by atoms with Gasteiger partial charge in [0.05, 0.1) is 11.6 Å². The molecule has 2 aromatic carbocycles. The first-order valence-corrected chi connectivity index (χ1v) is 14.3. The number of fused-ring (bicyclic) bond motifs is 1. The Morgan fingerprint density at radius 2 is 1.92 bits per heavy atom. The Balaban J connectivity index is 1.49. The smallest absolute Gasteiger partial charge is 0.253 e. The van der Waals surface area contributed by atoms with Crippen LogP contribution in [0.1, 0.15) is 65.2 Å². The molecule has 0 amide bonds. The second-order valence-corrected chi connectivity index (χ2v) is 11.2. The quantitative estimate of drug-likeness (QED) is 0.262. The van der Waals surface area contributed by atoms with Crippen molar-refractivity contribution in [2.24, 2.45) is 0 Å². The average molecular weight is 525 g/mol. The summed E-state index contributed by atoms with van der Waals surface area (Å²) in [5, 5.41) is 16.3. The summed E-state index contributed by atoms with van der Waals surface area (Å²) in [5.41, 5.74) is 3.79. The maximum atomic E-state index is 13.8. The van der Waals surface area contributed by atoms with Crippen LogP contribution in [0.25, 0.3) is 10.9 Å². The van der Waals surface area contributed by atoms with Crippen LogP contribution < -0.4 is 5.56 Å². The number of rotatable bonds is 9. The van der Waals surface area contributed by atoms with E-state index in [9.17, 15) is 4.79 Å². The van der Waals surface area contributed by atoms with Crippen LogP contribution in [-0.4, -0.2) is 36.6 Å². The molecule has 5 aromatic rings. The fraction of sp³-hybridized carbons (Fsp3) is 0.333. The van der Waals surface area contributed by atoms with Gasteiger partial charge in [-0.25, -0.2) is 4.68 Å². The highest BCUT2D eigenvalue weighted by Gasteiger charge is 2.33. The van der Waals surface area contributed by atoms with Gasteiger partial charge in [0.1, 0.15) is 6.04 Å². The van der Waals surface area contributed by atoms with Crippen LogP contribution in [0.15, 0.2) is 76.9 Å². The lowest BCUT2D eigenvalue weighted by molar-refractivity contribution is 0.203. The fourth-order valence-corrected chi connectivity index (χ4v) is 6.44. The van der Waals surface area contributed by atoms with Gasteiger partial charge in [-0.05, 0) is 70.6 Å². The minimum absolute atomic E-state index is 0.0892. The SMILES string of the molecule is Cc1cccc2cc([C@@H](c3nnnn3C3CCCC3)N(CCc3ccccc3)Cc3cccs3)c(=O)[nH]c12. The summed E-state index contributed by atoms with van der Waals surface area (Å²) in [6, 6.07) is 22.8. The van der Waals surface area contributed by atoms with Crippen molar-refractivity contribution in [1.29, 1.82) is 0 Å². The molecule has 1 N–H and O–H groups in total. The van der Waals surface area contributed by atoms with Crippen LogP contribution >= 0.6 is 11.3 Å². The molecular weight excluding hydrogens is 492 g/mol. The molecular formula is C30H32N6OS. The van der Waals surface area contributed by atoms with Gasteiger partial charge < -0.3 is 4.98 Å². The van der Waals surface area contributed by atoms with E-state index in [0.717, 1.165) is 48.1 Å². The monoisotopic (exact) mass is 524 g/mol. The fourth-order valence-electron chi connectivity index (χ4n) is 5.71. The first-order chi connectivity index (χ1) is 18.7. The number of benzene rings is 2. The van der Waals surface area contributed by atoms with Gasteiger partial charge in [-0.2, -0.15) is 0 Å². The third kappa shape index (κ3) is 5.06. The molecule has 0 bridgehead atoms. The number of aromatic nitrogens is 5. The molecule has 3 heterocycles. The van der Waals surface area contributed by atoms with Crippen LogP contribution in [0.3, 0.4) is 0 Å². The number of nitrogens with one attached hydrogen (secondary N) is 1. The highest BCUT2D eigenvalue weighted by molar-refractivity contribution is 7.09. The minimum atomic E-state index is -0.384. The van der Waals surface area contributed by atoms with E-state index in [4.69, 9.17) is 0 Å². The lowest BCUT2D eigenvalue weighted by Crippen LogP contribution is -2.36. The molecule has 0 unspecified atom stereocenters. The second-order valence-electron chi connectivity index (χ2n) is 10.2. The number of nitrogens with zero attached hydrogens (tertiary/aromatic N) is 5. The van der Waals surface area contributed by atoms with Crippen molar-refractivity contribution in [2.75, 3.05) is 6.54 Å². The first-order valence-electron chi connectivity index (χ1n) is 13.4. The number of aryl methyl sites for hydroxylation is 1. The largest absolute Gasteiger partial charge is 0.321 e. The van der Waals surface area contributed by atoms with Crippen molar-refractivity contribution in [3.05, 3.63) is 110 Å². The highest BCUT2D eigenvalue weighted by atomic mass is 32.1. The number of para-hydroxylation sites is 1. The van der Waals surface area contributed by atoms with Crippen molar-refractivity contribution in [2.45, 2.75) is 57.7 Å². The molecule has 0 aliphatic heterocycles. The van der Waals surface area contributed by atoms with E-state index in [0.29, 0.717) is 12.1 Å². The van der Waals surface area contributed by atoms with Crippen molar-refractivity contribution < 1.29 is 0 Å². The topological polar surface area (TPSA) is 79.7 Å². The first kappa shape index (κ1) is 24.7. The van der Waals surface area contributed by atoms with Crippen molar-refractivity contribution in [3.8, 4) is 0 Å². The molecule has 8 heteroatoms. The van der Waals surface area contributed by atoms with E-state index in [1.165, 1.54) is 23.3 Å².